The second kappa shape index (κ2) is 7.64. The van der Waals surface area contributed by atoms with Gasteiger partial charge in [0, 0.05) is 41.4 Å². The summed E-state index contributed by atoms with van der Waals surface area (Å²) in [5.41, 5.74) is 6.95. The maximum atomic E-state index is 12.8. The van der Waals surface area contributed by atoms with Crippen molar-refractivity contribution in [3.8, 4) is 0 Å². The Kier molecular flexibility index (Phi) is 5.05. The van der Waals surface area contributed by atoms with E-state index in [9.17, 15) is 4.79 Å². The third-order valence-electron chi connectivity index (χ3n) is 5.75. The van der Waals surface area contributed by atoms with Crippen LogP contribution in [0.3, 0.4) is 0 Å². The lowest BCUT2D eigenvalue weighted by Crippen LogP contribution is -2.44. The molecule has 1 atom stereocenters. The lowest BCUT2D eigenvalue weighted by Gasteiger charge is -2.31. The molecule has 3 aromatic rings. The molecule has 0 unspecified atom stereocenters. The van der Waals surface area contributed by atoms with Gasteiger partial charge in [0.05, 0.1) is 6.04 Å². The smallest absolute Gasteiger partial charge is 0.241 e. The Labute approximate surface area is 166 Å². The molecule has 0 saturated heterocycles. The first-order chi connectivity index (χ1) is 13.5. The van der Waals surface area contributed by atoms with E-state index >= 15 is 0 Å². The minimum Gasteiger partial charge on any atom is -0.361 e. The molecule has 1 aliphatic rings. The van der Waals surface area contributed by atoms with Crippen molar-refractivity contribution in [1.29, 1.82) is 0 Å². The minimum absolute atomic E-state index is 0.0534. The number of aromatic nitrogens is 1. The molecule has 0 radical (unpaired) electrons. The number of para-hydroxylation sites is 1. The standard InChI is InChI=1S/C24H27N3O/c1-16-8-9-17(2)23(14-16)26-24(28)18(3)27-12-10-19(11-13-27)21-15-25-22-7-5-4-6-20(21)22/h4-10,14-15,18,25H,11-13H2,1-3H3,(H,26,28)/t18-/m1/s1. The summed E-state index contributed by atoms with van der Waals surface area (Å²) in [6.45, 7) is 7.73. The van der Waals surface area contributed by atoms with Gasteiger partial charge in [-0.1, -0.05) is 36.4 Å². The number of fused-ring (bicyclic) bond motifs is 1. The van der Waals surface area contributed by atoms with Crippen molar-refractivity contribution in [2.45, 2.75) is 33.2 Å². The second-order valence-corrected chi connectivity index (χ2v) is 7.71. The average Bonchev–Trinajstić information content (AvgIpc) is 3.14. The molecule has 2 N–H and O–H groups in total. The van der Waals surface area contributed by atoms with E-state index in [4.69, 9.17) is 0 Å². The van der Waals surface area contributed by atoms with Crippen LogP contribution >= 0.6 is 0 Å². The largest absolute Gasteiger partial charge is 0.361 e. The quantitative estimate of drug-likeness (QED) is 0.683. The third-order valence-corrected chi connectivity index (χ3v) is 5.75. The SMILES string of the molecule is Cc1ccc(C)c(NC(=O)[C@@H](C)N2CC=C(c3c[nH]c4ccccc34)CC2)c1. The van der Waals surface area contributed by atoms with Crippen LogP contribution < -0.4 is 5.32 Å². The Morgan fingerprint density at radius 1 is 1.18 bits per heavy atom. The zero-order valence-electron chi connectivity index (χ0n) is 16.8. The first-order valence-corrected chi connectivity index (χ1v) is 9.90. The monoisotopic (exact) mass is 373 g/mol. The van der Waals surface area contributed by atoms with E-state index in [1.54, 1.807) is 0 Å². The van der Waals surface area contributed by atoms with E-state index < -0.39 is 0 Å². The highest BCUT2D eigenvalue weighted by molar-refractivity contribution is 5.96. The summed E-state index contributed by atoms with van der Waals surface area (Å²) in [6, 6.07) is 14.4. The normalized spacial score (nSPS) is 16.0. The van der Waals surface area contributed by atoms with E-state index in [1.165, 1.54) is 22.0 Å². The van der Waals surface area contributed by atoms with Gasteiger partial charge in [-0.25, -0.2) is 0 Å². The van der Waals surface area contributed by atoms with Gasteiger partial charge in [-0.3, -0.25) is 9.69 Å². The molecule has 2 aromatic carbocycles. The fraction of sp³-hybridized carbons (Fsp3) is 0.292. The van der Waals surface area contributed by atoms with Crippen molar-refractivity contribution >= 4 is 28.1 Å². The molecule has 0 saturated carbocycles. The second-order valence-electron chi connectivity index (χ2n) is 7.71. The molecule has 28 heavy (non-hydrogen) atoms. The molecule has 144 valence electrons. The number of nitrogens with one attached hydrogen (secondary N) is 2. The fourth-order valence-electron chi connectivity index (χ4n) is 3.89. The molecule has 4 heteroatoms. The zero-order valence-corrected chi connectivity index (χ0v) is 16.8. The van der Waals surface area contributed by atoms with Gasteiger partial charge in [-0.2, -0.15) is 0 Å². The average molecular weight is 374 g/mol. The molecule has 0 aliphatic carbocycles. The summed E-state index contributed by atoms with van der Waals surface area (Å²) in [7, 11) is 0. The Balaban J connectivity index is 1.45. The number of hydrogen-bond donors (Lipinski definition) is 2. The molecule has 2 heterocycles. The molecule has 0 bridgehead atoms. The summed E-state index contributed by atoms with van der Waals surface area (Å²) < 4.78 is 0. The summed E-state index contributed by atoms with van der Waals surface area (Å²) >= 11 is 0. The fourth-order valence-corrected chi connectivity index (χ4v) is 3.89. The van der Waals surface area contributed by atoms with Gasteiger partial charge in [0.2, 0.25) is 5.91 Å². The van der Waals surface area contributed by atoms with Gasteiger partial charge in [-0.05, 0) is 56.0 Å². The molecule has 4 nitrogen and oxygen atoms in total. The number of rotatable bonds is 4. The van der Waals surface area contributed by atoms with Crippen molar-refractivity contribution in [3.63, 3.8) is 0 Å². The maximum Gasteiger partial charge on any atom is 0.241 e. The molecule has 4 rings (SSSR count). The molecule has 0 fully saturated rings. The number of carbonyl (C=O) groups excluding carboxylic acids is 1. The first-order valence-electron chi connectivity index (χ1n) is 9.90. The Morgan fingerprint density at radius 2 is 2.00 bits per heavy atom. The highest BCUT2D eigenvalue weighted by atomic mass is 16.2. The summed E-state index contributed by atoms with van der Waals surface area (Å²) in [4.78, 5) is 18.4. The predicted molar refractivity (Wildman–Crippen MR) is 116 cm³/mol. The Hall–Kier alpha value is -2.85. The number of anilines is 1. The topological polar surface area (TPSA) is 48.1 Å². The molecule has 0 spiro atoms. The number of carbonyl (C=O) groups is 1. The molecule has 1 amide bonds. The number of amides is 1. The Morgan fingerprint density at radius 3 is 2.79 bits per heavy atom. The van der Waals surface area contributed by atoms with Crippen LogP contribution in [-0.2, 0) is 4.79 Å². The lowest BCUT2D eigenvalue weighted by molar-refractivity contribution is -0.120. The maximum absolute atomic E-state index is 12.8. The molecule has 1 aromatic heterocycles. The van der Waals surface area contributed by atoms with Crippen LogP contribution in [0.5, 0.6) is 0 Å². The summed E-state index contributed by atoms with van der Waals surface area (Å²) in [5, 5.41) is 4.37. The van der Waals surface area contributed by atoms with E-state index in [0.717, 1.165) is 36.3 Å². The van der Waals surface area contributed by atoms with Crippen LogP contribution in [0.25, 0.3) is 16.5 Å². The van der Waals surface area contributed by atoms with Crippen LogP contribution in [0.4, 0.5) is 5.69 Å². The van der Waals surface area contributed by atoms with Crippen LogP contribution in [0.1, 0.15) is 30.0 Å². The number of aromatic amines is 1. The zero-order chi connectivity index (χ0) is 19.7. The van der Waals surface area contributed by atoms with E-state index in [0.29, 0.717) is 0 Å². The van der Waals surface area contributed by atoms with Crippen molar-refractivity contribution in [3.05, 3.63) is 71.4 Å². The highest BCUT2D eigenvalue weighted by Crippen LogP contribution is 2.29. The van der Waals surface area contributed by atoms with Gasteiger partial charge in [0.25, 0.3) is 0 Å². The third kappa shape index (κ3) is 3.60. The van der Waals surface area contributed by atoms with Crippen LogP contribution in [0.15, 0.2) is 54.7 Å². The Bertz CT molecular complexity index is 1050. The molecule has 1 aliphatic heterocycles. The summed E-state index contributed by atoms with van der Waals surface area (Å²) in [5.74, 6) is 0.0534. The number of H-pyrrole nitrogens is 1. The van der Waals surface area contributed by atoms with Crippen molar-refractivity contribution < 1.29 is 4.79 Å². The molecular weight excluding hydrogens is 346 g/mol. The van der Waals surface area contributed by atoms with Gasteiger partial charge in [0.1, 0.15) is 0 Å². The molecular formula is C24H27N3O. The minimum atomic E-state index is -0.166. The lowest BCUT2D eigenvalue weighted by atomic mass is 9.98. The highest BCUT2D eigenvalue weighted by Gasteiger charge is 2.24. The van der Waals surface area contributed by atoms with E-state index in [2.05, 4.69) is 57.8 Å². The van der Waals surface area contributed by atoms with Crippen LogP contribution in [0, 0.1) is 13.8 Å². The van der Waals surface area contributed by atoms with Gasteiger partial charge in [0.15, 0.2) is 0 Å². The number of aryl methyl sites for hydroxylation is 2. The van der Waals surface area contributed by atoms with E-state index in [-0.39, 0.29) is 11.9 Å². The van der Waals surface area contributed by atoms with Gasteiger partial charge < -0.3 is 10.3 Å². The van der Waals surface area contributed by atoms with Crippen molar-refractivity contribution in [2.24, 2.45) is 0 Å². The number of benzene rings is 2. The van der Waals surface area contributed by atoms with Crippen molar-refractivity contribution in [1.82, 2.24) is 9.88 Å². The van der Waals surface area contributed by atoms with Crippen LogP contribution in [-0.4, -0.2) is 34.9 Å². The van der Waals surface area contributed by atoms with Gasteiger partial charge in [-0.15, -0.1) is 0 Å². The first kappa shape index (κ1) is 18.5. The van der Waals surface area contributed by atoms with E-state index in [1.807, 2.05) is 32.9 Å². The number of nitrogens with zero attached hydrogens (tertiary/aromatic N) is 1. The van der Waals surface area contributed by atoms with Gasteiger partial charge >= 0.3 is 0 Å². The van der Waals surface area contributed by atoms with Crippen molar-refractivity contribution in [2.75, 3.05) is 18.4 Å². The van der Waals surface area contributed by atoms with Crippen LogP contribution in [0.2, 0.25) is 0 Å². The summed E-state index contributed by atoms with van der Waals surface area (Å²) in [6.07, 6.45) is 5.31. The predicted octanol–water partition coefficient (Wildman–Crippen LogP) is 4.90. The number of hydrogen-bond acceptors (Lipinski definition) is 2.